The van der Waals surface area contributed by atoms with E-state index in [4.69, 9.17) is 0 Å². The van der Waals surface area contributed by atoms with E-state index in [1.54, 1.807) is 17.6 Å². The van der Waals surface area contributed by atoms with Crippen LogP contribution in [0.1, 0.15) is 59.4 Å². The number of nitrogens with one attached hydrogen (secondary N) is 2. The molecule has 1 saturated heterocycles. The summed E-state index contributed by atoms with van der Waals surface area (Å²) in [6.45, 7) is 10.2. The van der Waals surface area contributed by atoms with Crippen LogP contribution < -0.4 is 10.7 Å². The minimum Gasteiger partial charge on any atom is -0.390 e. The summed E-state index contributed by atoms with van der Waals surface area (Å²) in [6, 6.07) is 12.8. The smallest absolute Gasteiger partial charge is 0.255 e. The van der Waals surface area contributed by atoms with Crippen molar-refractivity contribution in [1.29, 1.82) is 0 Å². The maximum atomic E-state index is 14.0. The highest BCUT2D eigenvalue weighted by atomic mass is 32.2. The number of carbonyl (C=O) groups is 2. The van der Waals surface area contributed by atoms with Crippen LogP contribution in [0, 0.1) is 11.3 Å². The largest absolute Gasteiger partial charge is 0.390 e. The fourth-order valence-corrected chi connectivity index (χ4v) is 7.82. The molecule has 1 fully saturated rings. The van der Waals surface area contributed by atoms with Gasteiger partial charge in [-0.3, -0.25) is 15.0 Å². The summed E-state index contributed by atoms with van der Waals surface area (Å²) >= 11 is 1.36. The Morgan fingerprint density at radius 1 is 1.14 bits per heavy atom. The Morgan fingerprint density at radius 2 is 1.86 bits per heavy atom. The molecular formula is C32H45N5O5S2. The Morgan fingerprint density at radius 3 is 2.50 bits per heavy atom. The number of benzene rings is 2. The van der Waals surface area contributed by atoms with Crippen LogP contribution in [0.4, 0.5) is 0 Å². The fraction of sp³-hybridized carbons (Fsp3) is 0.531. The van der Waals surface area contributed by atoms with E-state index >= 15 is 0 Å². The molecule has 0 bridgehead atoms. The number of nitrogens with zero attached hydrogens (tertiary/aromatic N) is 3. The molecule has 2 unspecified atom stereocenters. The molecule has 3 aromatic rings. The molecule has 2 aromatic carbocycles. The summed E-state index contributed by atoms with van der Waals surface area (Å²) in [6.07, 6.45) is 0.491. The maximum Gasteiger partial charge on any atom is 0.255 e. The minimum absolute atomic E-state index is 0.0385. The lowest BCUT2D eigenvalue weighted by Gasteiger charge is -2.38. The first-order chi connectivity index (χ1) is 20.7. The second-order valence-electron chi connectivity index (χ2n) is 13.1. The molecule has 0 radical (unpaired) electrons. The zero-order chi connectivity index (χ0) is 32.1. The second-order valence-corrected chi connectivity index (χ2v) is 16.0. The van der Waals surface area contributed by atoms with Crippen LogP contribution in [-0.2, 0) is 26.0 Å². The second kappa shape index (κ2) is 14.5. The van der Waals surface area contributed by atoms with Gasteiger partial charge in [-0.1, -0.05) is 65.0 Å². The van der Waals surface area contributed by atoms with Crippen molar-refractivity contribution >= 4 is 43.4 Å². The normalized spacial score (nSPS) is 17.2. The lowest BCUT2D eigenvalue weighted by Crippen LogP contribution is -2.61. The summed E-state index contributed by atoms with van der Waals surface area (Å²) < 4.78 is 30.1. The fourth-order valence-electron chi connectivity index (χ4n) is 5.38. The van der Waals surface area contributed by atoms with Crippen LogP contribution in [0.2, 0.25) is 0 Å². The topological polar surface area (TPSA) is 132 Å². The molecule has 3 N–H and O–H groups in total. The van der Waals surface area contributed by atoms with E-state index in [1.165, 1.54) is 26.7 Å². The highest BCUT2D eigenvalue weighted by Crippen LogP contribution is 2.27. The van der Waals surface area contributed by atoms with Crippen molar-refractivity contribution < 1.29 is 23.1 Å². The summed E-state index contributed by atoms with van der Waals surface area (Å²) in [4.78, 5) is 31.6. The number of sulfonamides is 1. The van der Waals surface area contributed by atoms with Crippen LogP contribution in [0.15, 0.2) is 58.9 Å². The number of carbonyl (C=O) groups excluding carboxylic acids is 2. The third-order valence-electron chi connectivity index (χ3n) is 7.52. The maximum absolute atomic E-state index is 14.0. The molecule has 1 aliphatic rings. The van der Waals surface area contributed by atoms with Crippen molar-refractivity contribution in [3.8, 4) is 0 Å². The number of hydrazine groups is 1. The summed E-state index contributed by atoms with van der Waals surface area (Å²) in [5.41, 5.74) is 5.67. The van der Waals surface area contributed by atoms with Crippen molar-refractivity contribution in [2.75, 3.05) is 19.6 Å². The average Bonchev–Trinajstić information content (AvgIpc) is 3.66. The molecule has 1 aliphatic heterocycles. The Bertz CT molecular complexity index is 1510. The van der Waals surface area contributed by atoms with Gasteiger partial charge in [0.05, 0.1) is 38.8 Å². The molecule has 3 atom stereocenters. The number of aliphatic hydroxyl groups excluding tert-OH is 1. The zero-order valence-electron chi connectivity index (χ0n) is 26.2. The molecule has 240 valence electrons. The molecule has 0 aliphatic carbocycles. The average molecular weight is 644 g/mol. The van der Waals surface area contributed by atoms with Gasteiger partial charge in [-0.2, -0.15) is 4.31 Å². The van der Waals surface area contributed by atoms with E-state index in [9.17, 15) is 23.1 Å². The molecular weight excluding hydrogens is 599 g/mol. The van der Waals surface area contributed by atoms with E-state index in [2.05, 4.69) is 15.7 Å². The van der Waals surface area contributed by atoms with Gasteiger partial charge < -0.3 is 10.4 Å². The number of amides is 2. The Balaban J connectivity index is 1.71. The van der Waals surface area contributed by atoms with Gasteiger partial charge in [-0.25, -0.2) is 18.4 Å². The van der Waals surface area contributed by atoms with E-state index in [1.807, 2.05) is 65.0 Å². The first-order valence-corrected chi connectivity index (χ1v) is 17.5. The van der Waals surface area contributed by atoms with Crippen LogP contribution in [0.25, 0.3) is 10.2 Å². The molecule has 0 spiro atoms. The van der Waals surface area contributed by atoms with Crippen LogP contribution in [-0.4, -0.2) is 77.5 Å². The van der Waals surface area contributed by atoms with E-state index in [0.29, 0.717) is 18.5 Å². The number of hydrogen-bond acceptors (Lipinski definition) is 8. The Hall–Kier alpha value is -2.90. The molecule has 2 amide bonds. The Labute approximate surface area is 264 Å². The van der Waals surface area contributed by atoms with Gasteiger partial charge in [0.2, 0.25) is 15.9 Å². The first kappa shape index (κ1) is 34.0. The third kappa shape index (κ3) is 8.85. The van der Waals surface area contributed by atoms with Gasteiger partial charge in [0.15, 0.2) is 0 Å². The lowest BCUT2D eigenvalue weighted by molar-refractivity contribution is -0.150. The molecule has 10 nitrogen and oxygen atoms in total. The van der Waals surface area contributed by atoms with Crippen LogP contribution in [0.3, 0.4) is 0 Å². The summed E-state index contributed by atoms with van der Waals surface area (Å²) in [7, 11) is -4.03. The minimum atomic E-state index is -4.03. The van der Waals surface area contributed by atoms with E-state index in [0.717, 1.165) is 16.7 Å². The van der Waals surface area contributed by atoms with Crippen molar-refractivity contribution in [3.05, 3.63) is 59.6 Å². The quantitative estimate of drug-likeness (QED) is 0.255. The lowest BCUT2D eigenvalue weighted by atomic mass is 9.91. The van der Waals surface area contributed by atoms with E-state index < -0.39 is 33.6 Å². The standard InChI is InChI=1S/C32H45N5O5S2/c1-22(2)19-36(44(41,42)24-13-14-25-29(17-24)43-21-34-25)20-28(38)27(16-23-10-7-6-8-11-23)37(30(39)18-32(3,4)5)35-31(40)26-12-9-15-33-26/h6-8,10-11,13-14,17,21-22,26-28,33,38H,9,12,15-16,18-20H2,1-5H3,(H,35,40)/t26?,27?,28-/m1/s1. The number of rotatable bonds is 12. The van der Waals surface area contributed by atoms with Crippen molar-refractivity contribution in [2.45, 2.75) is 83.4 Å². The molecule has 44 heavy (non-hydrogen) atoms. The molecule has 2 heterocycles. The summed E-state index contributed by atoms with van der Waals surface area (Å²) in [5, 5.41) is 16.3. The number of aliphatic hydroxyl groups is 1. The van der Waals surface area contributed by atoms with Crippen molar-refractivity contribution in [3.63, 3.8) is 0 Å². The molecule has 12 heteroatoms. The zero-order valence-corrected chi connectivity index (χ0v) is 27.8. The highest BCUT2D eigenvalue weighted by molar-refractivity contribution is 7.89. The van der Waals surface area contributed by atoms with Gasteiger partial charge >= 0.3 is 0 Å². The van der Waals surface area contributed by atoms with Crippen molar-refractivity contribution in [1.82, 2.24) is 25.0 Å². The predicted octanol–water partition coefficient (Wildman–Crippen LogP) is 3.96. The van der Waals surface area contributed by atoms with Gasteiger partial charge in [-0.05, 0) is 60.9 Å². The SMILES string of the molecule is CC(C)CN(C[C@@H](O)C(Cc1ccccc1)N(NC(=O)C1CCCN1)C(=O)CC(C)(C)C)S(=O)(=O)c1ccc2ncsc2c1. The van der Waals surface area contributed by atoms with Crippen LogP contribution >= 0.6 is 11.3 Å². The van der Waals surface area contributed by atoms with Crippen LogP contribution in [0.5, 0.6) is 0 Å². The van der Waals surface area contributed by atoms with Crippen molar-refractivity contribution in [2.24, 2.45) is 11.3 Å². The monoisotopic (exact) mass is 643 g/mol. The summed E-state index contributed by atoms with van der Waals surface area (Å²) in [5.74, 6) is -0.735. The van der Waals surface area contributed by atoms with Gasteiger partial charge in [0.25, 0.3) is 5.91 Å². The third-order valence-corrected chi connectivity index (χ3v) is 10.1. The number of thiazole rings is 1. The Kier molecular flexibility index (Phi) is 11.2. The number of fused-ring (bicyclic) bond motifs is 1. The van der Waals surface area contributed by atoms with Gasteiger partial charge in [0.1, 0.15) is 0 Å². The van der Waals surface area contributed by atoms with E-state index in [-0.39, 0.29) is 48.6 Å². The number of aromatic nitrogens is 1. The highest BCUT2D eigenvalue weighted by Gasteiger charge is 2.38. The molecule has 0 saturated carbocycles. The first-order valence-electron chi connectivity index (χ1n) is 15.2. The molecule has 1 aromatic heterocycles. The van der Waals surface area contributed by atoms with Gasteiger partial charge in [-0.15, -0.1) is 11.3 Å². The van der Waals surface area contributed by atoms with Gasteiger partial charge in [0, 0.05) is 19.5 Å². The molecule has 4 rings (SSSR count). The number of hydrogen-bond donors (Lipinski definition) is 3. The predicted molar refractivity (Wildman–Crippen MR) is 173 cm³/mol.